The van der Waals surface area contributed by atoms with Crippen molar-refractivity contribution in [1.29, 1.82) is 0 Å². The summed E-state index contributed by atoms with van der Waals surface area (Å²) < 4.78 is 15.7. The molecule has 0 aliphatic heterocycles. The number of halogens is 2. The normalized spacial score (nSPS) is 14.6. The lowest BCUT2D eigenvalue weighted by molar-refractivity contribution is 0.0967. The molecule has 1 fully saturated rings. The third kappa shape index (κ3) is 2.78. The summed E-state index contributed by atoms with van der Waals surface area (Å²) in [5, 5.41) is 0. The second kappa shape index (κ2) is 4.93. The van der Waals surface area contributed by atoms with Crippen LogP contribution in [0.4, 0.5) is 4.39 Å². The molecular formula is C15H13BrFNO. The van der Waals surface area contributed by atoms with Crippen molar-refractivity contribution in [1.82, 2.24) is 4.57 Å². The number of carbonyl (C=O) groups is 1. The number of nitrogens with zero attached hydrogens (tertiary/aromatic N) is 1. The Morgan fingerprint density at radius 3 is 2.84 bits per heavy atom. The van der Waals surface area contributed by atoms with Crippen molar-refractivity contribution in [2.75, 3.05) is 0 Å². The number of carbonyl (C=O) groups excluding carboxylic acids is 1. The van der Waals surface area contributed by atoms with E-state index in [1.54, 1.807) is 6.07 Å². The largest absolute Gasteiger partial charge is 0.349 e. The topological polar surface area (TPSA) is 22.0 Å². The molecule has 1 heterocycles. The maximum absolute atomic E-state index is 13.0. The van der Waals surface area contributed by atoms with Gasteiger partial charge in [0.15, 0.2) is 5.78 Å². The van der Waals surface area contributed by atoms with E-state index in [1.165, 1.54) is 12.1 Å². The van der Waals surface area contributed by atoms with Crippen molar-refractivity contribution in [2.45, 2.75) is 19.4 Å². The average molecular weight is 322 g/mol. The summed E-state index contributed by atoms with van der Waals surface area (Å²) >= 11 is 3.35. The standard InChI is InChI=1S/C15H13BrFNO/c16-14-7-13(17)4-3-11(14)8-18-6-5-12(9-18)15(19)10-1-2-10/h3-7,9-10H,1-2,8H2. The Labute approximate surface area is 119 Å². The molecular weight excluding hydrogens is 309 g/mol. The maximum Gasteiger partial charge on any atom is 0.167 e. The molecule has 4 heteroatoms. The number of hydrogen-bond donors (Lipinski definition) is 0. The number of rotatable bonds is 4. The van der Waals surface area contributed by atoms with Crippen LogP contribution in [-0.4, -0.2) is 10.4 Å². The van der Waals surface area contributed by atoms with Crippen molar-refractivity contribution in [3.05, 3.63) is 58.1 Å². The number of Topliss-reactive ketones (excluding diaryl/α,β-unsaturated/α-hetero) is 1. The molecule has 1 saturated carbocycles. The van der Waals surface area contributed by atoms with Crippen LogP contribution in [0.2, 0.25) is 0 Å². The first kappa shape index (κ1) is 12.6. The first-order valence-electron chi connectivity index (χ1n) is 6.27. The maximum atomic E-state index is 13.0. The highest BCUT2D eigenvalue weighted by Gasteiger charge is 2.30. The van der Waals surface area contributed by atoms with E-state index in [4.69, 9.17) is 0 Å². The molecule has 98 valence electrons. The van der Waals surface area contributed by atoms with Gasteiger partial charge in [-0.05, 0) is 36.6 Å². The zero-order valence-electron chi connectivity index (χ0n) is 10.3. The Kier molecular flexibility index (Phi) is 3.27. The number of benzene rings is 1. The van der Waals surface area contributed by atoms with Gasteiger partial charge in [0.2, 0.25) is 0 Å². The van der Waals surface area contributed by atoms with Gasteiger partial charge in [0, 0.05) is 34.9 Å². The van der Waals surface area contributed by atoms with Gasteiger partial charge in [-0.25, -0.2) is 4.39 Å². The summed E-state index contributed by atoms with van der Waals surface area (Å²) in [5.41, 5.74) is 1.77. The Morgan fingerprint density at radius 1 is 1.37 bits per heavy atom. The summed E-state index contributed by atoms with van der Waals surface area (Å²) in [6, 6.07) is 6.51. The van der Waals surface area contributed by atoms with Crippen molar-refractivity contribution in [3.63, 3.8) is 0 Å². The second-order valence-corrected chi connectivity index (χ2v) is 5.80. The summed E-state index contributed by atoms with van der Waals surface area (Å²) in [4.78, 5) is 11.9. The molecule has 1 aliphatic rings. The van der Waals surface area contributed by atoms with Crippen LogP contribution in [0.25, 0.3) is 0 Å². The van der Waals surface area contributed by atoms with Crippen molar-refractivity contribution < 1.29 is 9.18 Å². The first-order valence-corrected chi connectivity index (χ1v) is 7.07. The van der Waals surface area contributed by atoms with Gasteiger partial charge in [-0.3, -0.25) is 4.79 Å². The molecule has 0 amide bonds. The average Bonchev–Trinajstić information content (AvgIpc) is 3.12. The van der Waals surface area contributed by atoms with Gasteiger partial charge < -0.3 is 4.57 Å². The lowest BCUT2D eigenvalue weighted by atomic mass is 10.1. The Bertz CT molecular complexity index is 631. The first-order chi connectivity index (χ1) is 9.13. The van der Waals surface area contributed by atoms with E-state index in [1.807, 2.05) is 23.0 Å². The predicted molar refractivity (Wildman–Crippen MR) is 74.7 cm³/mol. The molecule has 2 nitrogen and oxygen atoms in total. The number of ketones is 1. The zero-order chi connectivity index (χ0) is 13.4. The van der Waals surface area contributed by atoms with Crippen LogP contribution in [0.15, 0.2) is 41.1 Å². The quantitative estimate of drug-likeness (QED) is 0.779. The minimum atomic E-state index is -0.257. The molecule has 2 aromatic rings. The van der Waals surface area contributed by atoms with Crippen LogP contribution in [0, 0.1) is 11.7 Å². The molecule has 0 unspecified atom stereocenters. The molecule has 0 N–H and O–H groups in total. The van der Waals surface area contributed by atoms with E-state index >= 15 is 0 Å². The summed E-state index contributed by atoms with van der Waals surface area (Å²) in [5.74, 6) is 0.234. The van der Waals surface area contributed by atoms with E-state index in [9.17, 15) is 9.18 Å². The minimum Gasteiger partial charge on any atom is -0.349 e. The Balaban J connectivity index is 1.77. The van der Waals surface area contributed by atoms with Crippen LogP contribution < -0.4 is 0 Å². The van der Waals surface area contributed by atoms with Crippen LogP contribution in [0.5, 0.6) is 0 Å². The molecule has 0 saturated heterocycles. The molecule has 1 aromatic heterocycles. The molecule has 0 atom stereocenters. The van der Waals surface area contributed by atoms with Crippen LogP contribution in [0.1, 0.15) is 28.8 Å². The molecule has 19 heavy (non-hydrogen) atoms. The van der Waals surface area contributed by atoms with E-state index in [-0.39, 0.29) is 17.5 Å². The SMILES string of the molecule is O=C(c1ccn(Cc2ccc(F)cc2Br)c1)C1CC1. The third-order valence-electron chi connectivity index (χ3n) is 3.35. The highest BCUT2D eigenvalue weighted by atomic mass is 79.9. The van der Waals surface area contributed by atoms with E-state index in [0.717, 1.165) is 28.4 Å². The molecule has 1 aromatic carbocycles. The Hall–Kier alpha value is -1.42. The van der Waals surface area contributed by atoms with E-state index in [0.29, 0.717) is 6.54 Å². The summed E-state index contributed by atoms with van der Waals surface area (Å²) in [7, 11) is 0. The summed E-state index contributed by atoms with van der Waals surface area (Å²) in [6.07, 6.45) is 5.81. The molecule has 0 spiro atoms. The molecule has 0 bridgehead atoms. The van der Waals surface area contributed by atoms with Crippen molar-refractivity contribution in [2.24, 2.45) is 5.92 Å². The van der Waals surface area contributed by atoms with Gasteiger partial charge in [0.1, 0.15) is 5.82 Å². The van der Waals surface area contributed by atoms with Crippen LogP contribution in [-0.2, 0) is 6.54 Å². The van der Waals surface area contributed by atoms with Crippen molar-refractivity contribution >= 4 is 21.7 Å². The fraction of sp³-hybridized carbons (Fsp3) is 0.267. The highest BCUT2D eigenvalue weighted by Crippen LogP contribution is 2.32. The van der Waals surface area contributed by atoms with Gasteiger partial charge in [-0.2, -0.15) is 0 Å². The highest BCUT2D eigenvalue weighted by molar-refractivity contribution is 9.10. The summed E-state index contributed by atoms with van der Waals surface area (Å²) in [6.45, 7) is 0.624. The zero-order valence-corrected chi connectivity index (χ0v) is 11.9. The van der Waals surface area contributed by atoms with E-state index < -0.39 is 0 Å². The smallest absolute Gasteiger partial charge is 0.167 e. The van der Waals surface area contributed by atoms with Gasteiger partial charge in [-0.15, -0.1) is 0 Å². The molecule has 3 rings (SSSR count). The molecule has 1 aliphatic carbocycles. The van der Waals surface area contributed by atoms with Crippen LogP contribution in [0.3, 0.4) is 0 Å². The second-order valence-electron chi connectivity index (χ2n) is 4.95. The fourth-order valence-electron chi connectivity index (χ4n) is 2.11. The predicted octanol–water partition coefficient (Wildman–Crippen LogP) is 4.03. The number of hydrogen-bond acceptors (Lipinski definition) is 1. The monoisotopic (exact) mass is 321 g/mol. The van der Waals surface area contributed by atoms with Crippen LogP contribution >= 0.6 is 15.9 Å². The van der Waals surface area contributed by atoms with Crippen molar-refractivity contribution in [3.8, 4) is 0 Å². The fourth-order valence-corrected chi connectivity index (χ4v) is 2.59. The lowest BCUT2D eigenvalue weighted by Crippen LogP contribution is -2.01. The van der Waals surface area contributed by atoms with Gasteiger partial charge >= 0.3 is 0 Å². The number of aromatic nitrogens is 1. The Morgan fingerprint density at radius 2 is 2.16 bits per heavy atom. The minimum absolute atomic E-state index is 0.244. The van der Waals surface area contributed by atoms with Gasteiger partial charge in [0.05, 0.1) is 0 Å². The lowest BCUT2D eigenvalue weighted by Gasteiger charge is -2.06. The van der Waals surface area contributed by atoms with E-state index in [2.05, 4.69) is 15.9 Å². The third-order valence-corrected chi connectivity index (χ3v) is 4.09. The van der Waals surface area contributed by atoms with Gasteiger partial charge in [-0.1, -0.05) is 22.0 Å². The van der Waals surface area contributed by atoms with Gasteiger partial charge in [0.25, 0.3) is 0 Å². The molecule has 0 radical (unpaired) electrons.